The predicted molar refractivity (Wildman–Crippen MR) is 53.8 cm³/mol. The van der Waals surface area contributed by atoms with Gasteiger partial charge in [0.1, 0.15) is 0 Å². The molecule has 0 aliphatic heterocycles. The Labute approximate surface area is 95.3 Å². The van der Waals surface area contributed by atoms with Crippen LogP contribution in [0.5, 0.6) is 0 Å². The second kappa shape index (κ2) is 4.24. The molecule has 7 heteroatoms. The smallest absolute Gasteiger partial charge is 0.351 e. The second-order valence-electron chi connectivity index (χ2n) is 2.81. The first-order chi connectivity index (χ1) is 6.29. The lowest BCUT2D eigenvalue weighted by Crippen LogP contribution is -2.20. The molecule has 0 aliphatic rings. The Kier molecular flexibility index (Phi) is 3.65. The molecule has 80 valence electrons. The quantitative estimate of drug-likeness (QED) is 0.853. The lowest BCUT2D eigenvalue weighted by Gasteiger charge is -2.12. The van der Waals surface area contributed by atoms with Gasteiger partial charge in [0.25, 0.3) is 0 Å². The number of aromatic nitrogens is 1. The molecule has 0 radical (unpaired) electrons. The summed E-state index contributed by atoms with van der Waals surface area (Å²) in [5, 5.41) is 0. The molecule has 0 aliphatic carbocycles. The molecule has 0 amide bonds. The van der Waals surface area contributed by atoms with Crippen LogP contribution >= 0.6 is 31.9 Å². The van der Waals surface area contributed by atoms with E-state index in [0.717, 1.165) is 0 Å². The van der Waals surface area contributed by atoms with Gasteiger partial charge in [0.05, 0.1) is 17.1 Å². The van der Waals surface area contributed by atoms with E-state index in [1.807, 2.05) is 0 Å². The molecule has 1 heterocycles. The Morgan fingerprint density at radius 2 is 2.00 bits per heavy atom. The highest BCUT2D eigenvalue weighted by molar-refractivity contribution is 9.13. The highest BCUT2D eigenvalue weighted by Crippen LogP contribution is 2.31. The molecule has 1 aromatic rings. The molecule has 14 heavy (non-hydrogen) atoms. The van der Waals surface area contributed by atoms with Crippen molar-refractivity contribution in [1.82, 2.24) is 4.98 Å². The maximum absolute atomic E-state index is 12.0. The highest BCUT2D eigenvalue weighted by atomic mass is 79.9. The minimum atomic E-state index is -4.25. The Bertz CT molecular complexity index is 302. The zero-order valence-corrected chi connectivity index (χ0v) is 10.0. The van der Waals surface area contributed by atoms with Gasteiger partial charge in [-0.2, -0.15) is 13.2 Å². The van der Waals surface area contributed by atoms with Crippen LogP contribution in [0.25, 0.3) is 0 Å². The molecular formula is C7H7Br2F3N2. The van der Waals surface area contributed by atoms with Gasteiger partial charge in [0.2, 0.25) is 0 Å². The van der Waals surface area contributed by atoms with E-state index < -0.39 is 18.6 Å². The van der Waals surface area contributed by atoms with Crippen molar-refractivity contribution in [2.24, 2.45) is 5.73 Å². The van der Waals surface area contributed by atoms with E-state index in [1.165, 1.54) is 6.07 Å². The first-order valence-corrected chi connectivity index (χ1v) is 5.24. The molecule has 0 fully saturated rings. The van der Waals surface area contributed by atoms with Crippen molar-refractivity contribution in [3.05, 3.63) is 20.8 Å². The lowest BCUT2D eigenvalue weighted by atomic mass is 10.1. The number of alkyl halides is 3. The van der Waals surface area contributed by atoms with E-state index in [1.54, 1.807) is 0 Å². The number of H-pyrrole nitrogens is 1. The monoisotopic (exact) mass is 334 g/mol. The third-order valence-corrected chi connectivity index (χ3v) is 3.38. The molecule has 3 N–H and O–H groups in total. The minimum Gasteiger partial charge on any atom is -0.351 e. The van der Waals surface area contributed by atoms with Crippen LogP contribution in [0.2, 0.25) is 0 Å². The fraction of sp³-hybridized carbons (Fsp3) is 0.429. The summed E-state index contributed by atoms with van der Waals surface area (Å²) in [7, 11) is 0. The van der Waals surface area contributed by atoms with E-state index >= 15 is 0 Å². The number of rotatable bonds is 2. The SMILES string of the molecule is NC(CC(F)(F)F)c1cc(Br)c(Br)[nH]1. The first kappa shape index (κ1) is 12.1. The number of halogens is 5. The zero-order valence-electron chi connectivity index (χ0n) is 6.83. The van der Waals surface area contributed by atoms with Crippen molar-refractivity contribution in [2.45, 2.75) is 18.6 Å². The molecule has 2 nitrogen and oxygen atoms in total. The summed E-state index contributed by atoms with van der Waals surface area (Å²) in [4.78, 5) is 2.71. The van der Waals surface area contributed by atoms with Crippen LogP contribution < -0.4 is 5.73 Å². The number of hydrogen-bond acceptors (Lipinski definition) is 1. The lowest BCUT2D eigenvalue weighted by molar-refractivity contribution is -0.138. The summed E-state index contributed by atoms with van der Waals surface area (Å²) < 4.78 is 37.2. The van der Waals surface area contributed by atoms with Crippen molar-refractivity contribution in [1.29, 1.82) is 0 Å². The van der Waals surface area contributed by atoms with E-state index in [9.17, 15) is 13.2 Å². The third kappa shape index (κ3) is 3.29. The average molecular weight is 336 g/mol. The van der Waals surface area contributed by atoms with Gasteiger partial charge in [-0.15, -0.1) is 0 Å². The summed E-state index contributed by atoms with van der Waals surface area (Å²) >= 11 is 6.27. The van der Waals surface area contributed by atoms with Crippen LogP contribution in [0, 0.1) is 0 Å². The summed E-state index contributed by atoms with van der Waals surface area (Å²) in [6.45, 7) is 0. The van der Waals surface area contributed by atoms with Gasteiger partial charge in [-0.25, -0.2) is 0 Å². The number of hydrogen-bond donors (Lipinski definition) is 2. The van der Waals surface area contributed by atoms with Crippen molar-refractivity contribution >= 4 is 31.9 Å². The third-order valence-electron chi connectivity index (χ3n) is 1.60. The average Bonchev–Trinajstić information content (AvgIpc) is 2.28. The summed E-state index contributed by atoms with van der Waals surface area (Å²) in [5.74, 6) is 0. The molecule has 1 rings (SSSR count). The largest absolute Gasteiger partial charge is 0.390 e. The molecule has 1 atom stereocenters. The van der Waals surface area contributed by atoms with Gasteiger partial charge >= 0.3 is 6.18 Å². The first-order valence-electron chi connectivity index (χ1n) is 3.66. The molecule has 1 unspecified atom stereocenters. The molecular weight excluding hydrogens is 329 g/mol. The Morgan fingerprint density at radius 3 is 2.36 bits per heavy atom. The normalized spacial score (nSPS) is 14.4. The van der Waals surface area contributed by atoms with Crippen LogP contribution in [0.1, 0.15) is 18.2 Å². The van der Waals surface area contributed by atoms with E-state index in [-0.39, 0.29) is 0 Å². The fourth-order valence-corrected chi connectivity index (χ4v) is 1.67. The maximum Gasteiger partial charge on any atom is 0.390 e. The fourth-order valence-electron chi connectivity index (χ4n) is 0.981. The summed E-state index contributed by atoms with van der Waals surface area (Å²) in [6, 6.07) is 0.470. The topological polar surface area (TPSA) is 41.8 Å². The van der Waals surface area contributed by atoms with Crippen molar-refractivity contribution in [2.75, 3.05) is 0 Å². The van der Waals surface area contributed by atoms with Crippen LogP contribution in [-0.2, 0) is 0 Å². The van der Waals surface area contributed by atoms with Gasteiger partial charge in [-0.1, -0.05) is 0 Å². The van der Waals surface area contributed by atoms with Gasteiger partial charge in [0.15, 0.2) is 0 Å². The van der Waals surface area contributed by atoms with Gasteiger partial charge in [-0.05, 0) is 37.9 Å². The second-order valence-corrected chi connectivity index (χ2v) is 4.46. The van der Waals surface area contributed by atoms with Crippen LogP contribution in [0.4, 0.5) is 13.2 Å². The van der Waals surface area contributed by atoms with Gasteiger partial charge < -0.3 is 10.7 Å². The van der Waals surface area contributed by atoms with Gasteiger partial charge in [-0.3, -0.25) is 0 Å². The molecule has 0 spiro atoms. The number of nitrogens with one attached hydrogen (secondary N) is 1. The summed E-state index contributed by atoms with van der Waals surface area (Å²) in [6.07, 6.45) is -5.28. The van der Waals surface area contributed by atoms with Crippen molar-refractivity contribution < 1.29 is 13.2 Å². The van der Waals surface area contributed by atoms with Crippen LogP contribution in [0.3, 0.4) is 0 Å². The Morgan fingerprint density at radius 1 is 1.43 bits per heavy atom. The molecule has 0 bridgehead atoms. The molecule has 0 saturated heterocycles. The van der Waals surface area contributed by atoms with Crippen LogP contribution in [0.15, 0.2) is 15.1 Å². The summed E-state index contributed by atoms with van der Waals surface area (Å²) in [5.41, 5.74) is 5.72. The maximum atomic E-state index is 12.0. The van der Waals surface area contributed by atoms with E-state index in [2.05, 4.69) is 36.8 Å². The number of aromatic amines is 1. The standard InChI is InChI=1S/C7H7Br2F3N2/c8-3-1-5(14-6(3)9)4(13)2-7(10,11)12/h1,4,14H,2,13H2. The van der Waals surface area contributed by atoms with Crippen LogP contribution in [-0.4, -0.2) is 11.2 Å². The van der Waals surface area contributed by atoms with E-state index in [4.69, 9.17) is 5.73 Å². The van der Waals surface area contributed by atoms with Crippen molar-refractivity contribution in [3.63, 3.8) is 0 Å². The predicted octanol–water partition coefficient (Wildman–Crippen LogP) is 3.49. The highest BCUT2D eigenvalue weighted by Gasteiger charge is 2.31. The minimum absolute atomic E-state index is 0.348. The molecule has 0 aromatic carbocycles. The van der Waals surface area contributed by atoms with E-state index in [0.29, 0.717) is 14.8 Å². The number of nitrogens with two attached hydrogens (primary N) is 1. The molecule has 1 aromatic heterocycles. The Hall–Kier alpha value is -0.0100. The van der Waals surface area contributed by atoms with Gasteiger partial charge in [0, 0.05) is 10.2 Å². The van der Waals surface area contributed by atoms with Crippen molar-refractivity contribution in [3.8, 4) is 0 Å². The Balaban J connectivity index is 2.75. The zero-order chi connectivity index (χ0) is 10.9. The molecule has 0 saturated carbocycles.